The number of rotatable bonds is 4. The van der Waals surface area contributed by atoms with Crippen molar-refractivity contribution in [1.82, 2.24) is 14.9 Å². The monoisotopic (exact) mass is 421 g/mol. The van der Waals surface area contributed by atoms with Crippen molar-refractivity contribution in [2.45, 2.75) is 13.8 Å². The molecule has 2 amide bonds. The molecule has 0 atom stereocenters. The third-order valence-corrected chi connectivity index (χ3v) is 5.03. The van der Waals surface area contributed by atoms with Crippen LogP contribution < -0.4 is 15.0 Å². The minimum absolute atomic E-state index is 0.200. The van der Waals surface area contributed by atoms with Gasteiger partial charge in [-0.1, -0.05) is 17.7 Å². The van der Waals surface area contributed by atoms with E-state index in [0.717, 1.165) is 17.1 Å². The Labute approximate surface area is 180 Å². The summed E-state index contributed by atoms with van der Waals surface area (Å²) in [6.45, 7) is 6.22. The van der Waals surface area contributed by atoms with Crippen molar-refractivity contribution in [1.29, 1.82) is 0 Å². The van der Waals surface area contributed by atoms with Crippen molar-refractivity contribution < 1.29 is 13.9 Å². The van der Waals surface area contributed by atoms with Gasteiger partial charge in [-0.15, -0.1) is 0 Å². The van der Waals surface area contributed by atoms with E-state index in [1.165, 1.54) is 12.1 Å². The quantitative estimate of drug-likeness (QED) is 0.677. The number of hydrogen-bond donors (Lipinski definition) is 1. The van der Waals surface area contributed by atoms with Gasteiger partial charge < -0.3 is 19.9 Å². The van der Waals surface area contributed by atoms with Crippen molar-refractivity contribution in [2.75, 3.05) is 36.4 Å². The first-order valence-electron chi connectivity index (χ1n) is 10.1. The number of urea groups is 1. The summed E-state index contributed by atoms with van der Waals surface area (Å²) in [5, 5.41) is 2.80. The maximum atomic E-state index is 13.0. The largest absolute Gasteiger partial charge is 0.439 e. The van der Waals surface area contributed by atoms with Crippen LogP contribution in [0.3, 0.4) is 0 Å². The van der Waals surface area contributed by atoms with Gasteiger partial charge in [0.1, 0.15) is 23.2 Å². The lowest BCUT2D eigenvalue weighted by atomic mass is 10.2. The summed E-state index contributed by atoms with van der Waals surface area (Å²) in [6, 6.07) is 15.1. The number of carbonyl (C=O) groups is 1. The zero-order valence-corrected chi connectivity index (χ0v) is 17.5. The van der Waals surface area contributed by atoms with Crippen LogP contribution in [0.2, 0.25) is 0 Å². The van der Waals surface area contributed by atoms with Crippen LogP contribution in [0.4, 0.5) is 20.7 Å². The molecule has 1 N–H and O–H groups in total. The van der Waals surface area contributed by atoms with Crippen LogP contribution in [0.5, 0.6) is 11.6 Å². The molecule has 0 bridgehead atoms. The van der Waals surface area contributed by atoms with E-state index in [0.29, 0.717) is 43.6 Å². The maximum absolute atomic E-state index is 13.0. The number of piperazine rings is 1. The molecule has 0 aliphatic carbocycles. The van der Waals surface area contributed by atoms with Crippen LogP contribution in [-0.2, 0) is 0 Å². The average Bonchev–Trinajstić information content (AvgIpc) is 2.77. The molecule has 7 nitrogen and oxygen atoms in total. The van der Waals surface area contributed by atoms with E-state index < -0.39 is 0 Å². The summed E-state index contributed by atoms with van der Waals surface area (Å²) in [5.74, 6) is 2.27. The van der Waals surface area contributed by atoms with Crippen LogP contribution in [0.25, 0.3) is 0 Å². The zero-order valence-electron chi connectivity index (χ0n) is 17.5. The Morgan fingerprint density at radius 2 is 1.65 bits per heavy atom. The van der Waals surface area contributed by atoms with Gasteiger partial charge in [0, 0.05) is 37.9 Å². The highest BCUT2D eigenvalue weighted by Crippen LogP contribution is 2.24. The number of anilines is 2. The zero-order chi connectivity index (χ0) is 21.8. The molecule has 160 valence electrons. The molecule has 2 aromatic carbocycles. The molecule has 0 saturated carbocycles. The predicted molar refractivity (Wildman–Crippen MR) is 117 cm³/mol. The molecular weight excluding hydrogens is 397 g/mol. The van der Waals surface area contributed by atoms with Gasteiger partial charge in [-0.3, -0.25) is 0 Å². The van der Waals surface area contributed by atoms with Crippen LogP contribution in [0.1, 0.15) is 11.4 Å². The number of carbonyl (C=O) groups excluding carboxylic acids is 1. The number of nitrogens with zero attached hydrogens (tertiary/aromatic N) is 4. The highest BCUT2D eigenvalue weighted by molar-refractivity contribution is 5.89. The summed E-state index contributed by atoms with van der Waals surface area (Å²) < 4.78 is 18.9. The van der Waals surface area contributed by atoms with Gasteiger partial charge in [0.15, 0.2) is 0 Å². The lowest BCUT2D eigenvalue weighted by Crippen LogP contribution is -2.50. The van der Waals surface area contributed by atoms with E-state index in [-0.39, 0.29) is 11.8 Å². The second-order valence-electron chi connectivity index (χ2n) is 7.44. The van der Waals surface area contributed by atoms with E-state index in [2.05, 4.69) is 20.2 Å². The molecule has 1 aromatic heterocycles. The SMILES string of the molecule is Cc1ccc(Oc2cc(N3CCN(C(=O)Nc4ccc(F)cc4)CC3)nc(C)n2)cc1. The smallest absolute Gasteiger partial charge is 0.321 e. The molecule has 1 aliphatic heterocycles. The minimum Gasteiger partial charge on any atom is -0.439 e. The van der Waals surface area contributed by atoms with E-state index in [4.69, 9.17) is 4.74 Å². The molecule has 0 unspecified atom stereocenters. The summed E-state index contributed by atoms with van der Waals surface area (Å²) >= 11 is 0. The first-order valence-corrected chi connectivity index (χ1v) is 10.1. The fourth-order valence-electron chi connectivity index (χ4n) is 3.34. The average molecular weight is 421 g/mol. The number of ether oxygens (including phenoxy) is 1. The molecule has 1 fully saturated rings. The molecule has 1 saturated heterocycles. The predicted octanol–water partition coefficient (Wildman–Crippen LogP) is 4.38. The molecule has 8 heteroatoms. The summed E-state index contributed by atoms with van der Waals surface area (Å²) in [4.78, 5) is 25.3. The Morgan fingerprint density at radius 3 is 2.32 bits per heavy atom. The molecule has 2 heterocycles. The van der Waals surface area contributed by atoms with Gasteiger partial charge >= 0.3 is 6.03 Å². The number of aromatic nitrogens is 2. The standard InChI is InChI=1S/C23H24FN5O2/c1-16-3-9-20(10-4-16)31-22-15-21(25-17(2)26-22)28-11-13-29(14-12-28)23(30)27-19-7-5-18(24)6-8-19/h3-10,15H,11-14H2,1-2H3,(H,27,30). The first kappa shape index (κ1) is 20.6. The van der Waals surface area contributed by atoms with Crippen LogP contribution >= 0.6 is 0 Å². The molecule has 3 aromatic rings. The lowest BCUT2D eigenvalue weighted by molar-refractivity contribution is 0.208. The number of hydrogen-bond acceptors (Lipinski definition) is 5. The van der Waals surface area contributed by atoms with Crippen LogP contribution in [0, 0.1) is 19.7 Å². The summed E-state index contributed by atoms with van der Waals surface area (Å²) in [6.07, 6.45) is 0. The summed E-state index contributed by atoms with van der Waals surface area (Å²) in [7, 11) is 0. The van der Waals surface area contributed by atoms with Crippen molar-refractivity contribution in [3.63, 3.8) is 0 Å². The number of aryl methyl sites for hydroxylation is 2. The molecule has 0 radical (unpaired) electrons. The van der Waals surface area contributed by atoms with E-state index in [1.807, 2.05) is 44.2 Å². The lowest BCUT2D eigenvalue weighted by Gasteiger charge is -2.35. The number of amides is 2. The van der Waals surface area contributed by atoms with Crippen molar-refractivity contribution in [3.05, 3.63) is 71.8 Å². The Hall–Kier alpha value is -3.68. The highest BCUT2D eigenvalue weighted by atomic mass is 19.1. The van der Waals surface area contributed by atoms with Gasteiger partial charge in [-0.05, 0) is 50.2 Å². The highest BCUT2D eigenvalue weighted by Gasteiger charge is 2.23. The van der Waals surface area contributed by atoms with E-state index in [1.54, 1.807) is 17.0 Å². The Bertz CT molecular complexity index is 1050. The van der Waals surface area contributed by atoms with Crippen LogP contribution in [0.15, 0.2) is 54.6 Å². The van der Waals surface area contributed by atoms with Crippen molar-refractivity contribution >= 4 is 17.5 Å². The van der Waals surface area contributed by atoms with Gasteiger partial charge in [0.05, 0.1) is 0 Å². The fraction of sp³-hybridized carbons (Fsp3) is 0.261. The number of halogens is 1. The first-order chi connectivity index (χ1) is 15.0. The van der Waals surface area contributed by atoms with Crippen molar-refractivity contribution in [3.8, 4) is 11.6 Å². The topological polar surface area (TPSA) is 70.6 Å². The molecular formula is C23H24FN5O2. The van der Waals surface area contributed by atoms with Gasteiger partial charge in [0.2, 0.25) is 5.88 Å². The molecule has 0 spiro atoms. The third kappa shape index (κ3) is 5.28. The third-order valence-electron chi connectivity index (χ3n) is 5.03. The van der Waals surface area contributed by atoms with Crippen LogP contribution in [-0.4, -0.2) is 47.1 Å². The van der Waals surface area contributed by atoms with Gasteiger partial charge in [0.25, 0.3) is 0 Å². The van der Waals surface area contributed by atoms with Crippen molar-refractivity contribution in [2.24, 2.45) is 0 Å². The second kappa shape index (κ2) is 8.99. The molecule has 31 heavy (non-hydrogen) atoms. The normalized spacial score (nSPS) is 13.8. The van der Waals surface area contributed by atoms with Gasteiger partial charge in [-0.2, -0.15) is 4.98 Å². The van der Waals surface area contributed by atoms with E-state index in [9.17, 15) is 9.18 Å². The Kier molecular flexibility index (Phi) is 5.97. The minimum atomic E-state index is -0.336. The van der Waals surface area contributed by atoms with Gasteiger partial charge in [-0.25, -0.2) is 14.2 Å². The second-order valence-corrected chi connectivity index (χ2v) is 7.44. The number of benzene rings is 2. The fourth-order valence-corrected chi connectivity index (χ4v) is 3.34. The Balaban J connectivity index is 1.37. The summed E-state index contributed by atoms with van der Waals surface area (Å²) in [5.41, 5.74) is 1.73. The number of nitrogens with one attached hydrogen (secondary N) is 1. The molecule has 1 aliphatic rings. The maximum Gasteiger partial charge on any atom is 0.321 e. The Morgan fingerprint density at radius 1 is 0.968 bits per heavy atom. The molecule has 4 rings (SSSR count). The van der Waals surface area contributed by atoms with E-state index >= 15 is 0 Å².